The molecule has 3 heteroatoms. The zero-order chi connectivity index (χ0) is 13.6. The van der Waals surface area contributed by atoms with Crippen LogP contribution in [0.4, 0.5) is 0 Å². The molecule has 0 radical (unpaired) electrons. The standard InChI is InChI=1S/C15H22N2O/c1-12(17)13-5-7-14(8-6-13)18-10-4-9-15(2,3)11-16/h5-8,12H,4,9-10,17H2,1-3H3. The summed E-state index contributed by atoms with van der Waals surface area (Å²) in [6.07, 6.45) is 1.73. The zero-order valence-corrected chi connectivity index (χ0v) is 11.4. The van der Waals surface area contributed by atoms with Gasteiger partial charge in [0, 0.05) is 6.04 Å². The Morgan fingerprint density at radius 3 is 2.44 bits per heavy atom. The first kappa shape index (κ1) is 14.5. The molecular weight excluding hydrogens is 224 g/mol. The number of ether oxygens (including phenoxy) is 1. The van der Waals surface area contributed by atoms with Gasteiger partial charge in [0.15, 0.2) is 0 Å². The molecule has 1 aromatic rings. The average Bonchev–Trinajstić information content (AvgIpc) is 2.35. The molecule has 98 valence electrons. The van der Waals surface area contributed by atoms with Crippen LogP contribution < -0.4 is 10.5 Å². The highest BCUT2D eigenvalue weighted by molar-refractivity contribution is 5.28. The van der Waals surface area contributed by atoms with Gasteiger partial charge in [0.25, 0.3) is 0 Å². The SMILES string of the molecule is CC(N)c1ccc(OCCCC(C)(C)C#N)cc1. The van der Waals surface area contributed by atoms with Gasteiger partial charge in [-0.3, -0.25) is 0 Å². The van der Waals surface area contributed by atoms with E-state index in [9.17, 15) is 0 Å². The number of nitriles is 1. The molecule has 1 aromatic carbocycles. The third kappa shape index (κ3) is 4.77. The van der Waals surface area contributed by atoms with Crippen molar-refractivity contribution in [3.05, 3.63) is 29.8 Å². The van der Waals surface area contributed by atoms with Crippen LogP contribution in [0.5, 0.6) is 5.75 Å². The molecule has 1 unspecified atom stereocenters. The first-order valence-electron chi connectivity index (χ1n) is 6.34. The fourth-order valence-electron chi connectivity index (χ4n) is 1.63. The molecule has 2 N–H and O–H groups in total. The Morgan fingerprint density at radius 1 is 1.33 bits per heavy atom. The van der Waals surface area contributed by atoms with E-state index in [1.54, 1.807) is 0 Å². The molecule has 0 aromatic heterocycles. The second kappa shape index (κ2) is 6.42. The Balaban J connectivity index is 2.34. The van der Waals surface area contributed by atoms with Gasteiger partial charge in [-0.25, -0.2) is 0 Å². The van der Waals surface area contributed by atoms with Crippen molar-refractivity contribution in [1.29, 1.82) is 5.26 Å². The van der Waals surface area contributed by atoms with E-state index >= 15 is 0 Å². The number of hydrogen-bond acceptors (Lipinski definition) is 3. The lowest BCUT2D eigenvalue weighted by Crippen LogP contribution is -2.10. The molecule has 0 bridgehead atoms. The van der Waals surface area contributed by atoms with Gasteiger partial charge in [0.1, 0.15) is 5.75 Å². The highest BCUT2D eigenvalue weighted by atomic mass is 16.5. The smallest absolute Gasteiger partial charge is 0.119 e. The highest BCUT2D eigenvalue weighted by Crippen LogP contribution is 2.21. The molecule has 18 heavy (non-hydrogen) atoms. The van der Waals surface area contributed by atoms with E-state index in [0.29, 0.717) is 6.61 Å². The monoisotopic (exact) mass is 246 g/mol. The molecule has 0 aliphatic carbocycles. The maximum Gasteiger partial charge on any atom is 0.119 e. The van der Waals surface area contributed by atoms with Crippen molar-refractivity contribution in [1.82, 2.24) is 0 Å². The third-order valence-corrected chi connectivity index (χ3v) is 2.92. The van der Waals surface area contributed by atoms with E-state index in [2.05, 4.69) is 6.07 Å². The molecule has 0 heterocycles. The van der Waals surface area contributed by atoms with Crippen molar-refractivity contribution in [2.45, 2.75) is 39.7 Å². The van der Waals surface area contributed by atoms with E-state index in [4.69, 9.17) is 15.7 Å². The molecule has 0 amide bonds. The van der Waals surface area contributed by atoms with E-state index < -0.39 is 0 Å². The van der Waals surface area contributed by atoms with E-state index in [1.165, 1.54) is 0 Å². The molecular formula is C15H22N2O. The minimum absolute atomic E-state index is 0.0514. The number of nitrogens with zero attached hydrogens (tertiary/aromatic N) is 1. The van der Waals surface area contributed by atoms with Gasteiger partial charge < -0.3 is 10.5 Å². The first-order valence-corrected chi connectivity index (χ1v) is 6.34. The summed E-state index contributed by atoms with van der Waals surface area (Å²) in [5.74, 6) is 0.856. The van der Waals surface area contributed by atoms with Crippen LogP contribution in [0.3, 0.4) is 0 Å². The highest BCUT2D eigenvalue weighted by Gasteiger charge is 2.15. The van der Waals surface area contributed by atoms with Crippen LogP contribution in [0, 0.1) is 16.7 Å². The second-order valence-electron chi connectivity index (χ2n) is 5.31. The molecule has 3 nitrogen and oxygen atoms in total. The fourth-order valence-corrected chi connectivity index (χ4v) is 1.63. The Labute approximate surface area is 110 Å². The summed E-state index contributed by atoms with van der Waals surface area (Å²) < 4.78 is 5.63. The van der Waals surface area contributed by atoms with Crippen molar-refractivity contribution >= 4 is 0 Å². The van der Waals surface area contributed by atoms with Crippen LogP contribution in [0.1, 0.15) is 45.2 Å². The summed E-state index contributed by atoms with van der Waals surface area (Å²) in [6, 6.07) is 10.2. The minimum atomic E-state index is -0.262. The summed E-state index contributed by atoms with van der Waals surface area (Å²) in [7, 11) is 0. The molecule has 0 fully saturated rings. The van der Waals surface area contributed by atoms with Crippen molar-refractivity contribution in [3.63, 3.8) is 0 Å². The number of benzene rings is 1. The molecule has 0 spiro atoms. The van der Waals surface area contributed by atoms with Crippen LogP contribution in [0.25, 0.3) is 0 Å². The molecule has 0 aliphatic rings. The number of nitrogens with two attached hydrogens (primary N) is 1. The predicted molar refractivity (Wildman–Crippen MR) is 73.2 cm³/mol. The molecule has 0 aliphatic heterocycles. The first-order chi connectivity index (χ1) is 8.44. The Morgan fingerprint density at radius 2 is 1.94 bits per heavy atom. The zero-order valence-electron chi connectivity index (χ0n) is 11.4. The fraction of sp³-hybridized carbons (Fsp3) is 0.533. The van der Waals surface area contributed by atoms with Crippen LogP contribution >= 0.6 is 0 Å². The van der Waals surface area contributed by atoms with Gasteiger partial charge >= 0.3 is 0 Å². The lowest BCUT2D eigenvalue weighted by Gasteiger charge is -2.15. The summed E-state index contributed by atoms with van der Waals surface area (Å²) in [6.45, 7) is 6.50. The topological polar surface area (TPSA) is 59.0 Å². The van der Waals surface area contributed by atoms with Crippen LogP contribution in [-0.2, 0) is 0 Å². The van der Waals surface area contributed by atoms with Gasteiger partial charge in [0.05, 0.1) is 18.1 Å². The van der Waals surface area contributed by atoms with E-state index in [0.717, 1.165) is 24.2 Å². The molecule has 1 atom stereocenters. The average molecular weight is 246 g/mol. The summed E-state index contributed by atoms with van der Waals surface area (Å²) in [5.41, 5.74) is 6.62. The lowest BCUT2D eigenvalue weighted by atomic mass is 9.90. The van der Waals surface area contributed by atoms with E-state index in [1.807, 2.05) is 45.0 Å². The van der Waals surface area contributed by atoms with Crippen LogP contribution in [0.15, 0.2) is 24.3 Å². The van der Waals surface area contributed by atoms with Gasteiger partial charge in [-0.15, -0.1) is 0 Å². The Bertz CT molecular complexity index is 401. The third-order valence-electron chi connectivity index (χ3n) is 2.92. The predicted octanol–water partition coefficient (Wildman–Crippen LogP) is 3.42. The van der Waals surface area contributed by atoms with Gasteiger partial charge in [-0.05, 0) is 51.3 Å². The Hall–Kier alpha value is -1.53. The van der Waals surface area contributed by atoms with Crippen molar-refractivity contribution in [2.75, 3.05) is 6.61 Å². The summed E-state index contributed by atoms with van der Waals surface area (Å²) >= 11 is 0. The van der Waals surface area contributed by atoms with Crippen LogP contribution in [-0.4, -0.2) is 6.61 Å². The van der Waals surface area contributed by atoms with Crippen molar-refractivity contribution in [3.8, 4) is 11.8 Å². The van der Waals surface area contributed by atoms with Crippen LogP contribution in [0.2, 0.25) is 0 Å². The summed E-state index contributed by atoms with van der Waals surface area (Å²) in [4.78, 5) is 0. The maximum absolute atomic E-state index is 8.89. The van der Waals surface area contributed by atoms with Crippen molar-refractivity contribution < 1.29 is 4.74 Å². The second-order valence-corrected chi connectivity index (χ2v) is 5.31. The lowest BCUT2D eigenvalue weighted by molar-refractivity contribution is 0.284. The quantitative estimate of drug-likeness (QED) is 0.782. The number of rotatable bonds is 6. The molecule has 0 saturated carbocycles. The molecule has 0 saturated heterocycles. The van der Waals surface area contributed by atoms with Gasteiger partial charge in [-0.2, -0.15) is 5.26 Å². The Kier molecular flexibility index (Phi) is 5.18. The van der Waals surface area contributed by atoms with E-state index in [-0.39, 0.29) is 11.5 Å². The van der Waals surface area contributed by atoms with Gasteiger partial charge in [-0.1, -0.05) is 12.1 Å². The van der Waals surface area contributed by atoms with Crippen molar-refractivity contribution in [2.24, 2.45) is 11.1 Å². The van der Waals surface area contributed by atoms with Gasteiger partial charge in [0.2, 0.25) is 0 Å². The molecule has 1 rings (SSSR count). The maximum atomic E-state index is 8.89. The number of hydrogen-bond donors (Lipinski definition) is 1. The summed E-state index contributed by atoms with van der Waals surface area (Å²) in [5, 5.41) is 8.89. The largest absolute Gasteiger partial charge is 0.494 e. The normalized spacial score (nSPS) is 12.8. The minimum Gasteiger partial charge on any atom is -0.494 e.